The lowest BCUT2D eigenvalue weighted by Gasteiger charge is -2.35. The van der Waals surface area contributed by atoms with E-state index in [2.05, 4.69) is 33.0 Å². The molecule has 0 spiro atoms. The molecule has 1 rings (SSSR count). The van der Waals surface area contributed by atoms with Crippen LogP contribution in [0.25, 0.3) is 0 Å². The van der Waals surface area contributed by atoms with Crippen LogP contribution in [0.4, 0.5) is 0 Å². The van der Waals surface area contributed by atoms with Gasteiger partial charge in [-0.05, 0) is 51.9 Å². The van der Waals surface area contributed by atoms with Gasteiger partial charge in [-0.2, -0.15) is 0 Å². The Morgan fingerprint density at radius 1 is 1.07 bits per heavy atom. The van der Waals surface area contributed by atoms with E-state index in [9.17, 15) is 0 Å². The van der Waals surface area contributed by atoms with Crippen molar-refractivity contribution in [1.82, 2.24) is 5.32 Å². The molecule has 1 aliphatic rings. The first kappa shape index (κ1) is 12.0. The number of nitrogens with one attached hydrogen (secondary N) is 1. The van der Waals surface area contributed by atoms with Crippen molar-refractivity contribution in [2.24, 2.45) is 5.92 Å². The largest absolute Gasteiger partial charge is 0.309 e. The van der Waals surface area contributed by atoms with Crippen LogP contribution in [-0.2, 0) is 0 Å². The zero-order chi connectivity index (χ0) is 10.6. The minimum atomic E-state index is 0.337. The SMILES string of the molecule is CCC1CCC(NC(C)(C)CC)CC1. The predicted octanol–water partition coefficient (Wildman–Crippen LogP) is 3.73. The summed E-state index contributed by atoms with van der Waals surface area (Å²) < 4.78 is 0. The minimum Gasteiger partial charge on any atom is -0.309 e. The molecule has 0 aromatic carbocycles. The second kappa shape index (κ2) is 5.16. The van der Waals surface area contributed by atoms with E-state index in [0.717, 1.165) is 12.0 Å². The van der Waals surface area contributed by atoms with Crippen LogP contribution in [0.1, 0.15) is 66.2 Å². The highest BCUT2D eigenvalue weighted by molar-refractivity contribution is 4.84. The summed E-state index contributed by atoms with van der Waals surface area (Å²) in [5, 5.41) is 3.79. The second-order valence-electron chi connectivity index (χ2n) is 5.51. The molecule has 0 aromatic rings. The molecule has 1 nitrogen and oxygen atoms in total. The minimum absolute atomic E-state index is 0.337. The first-order chi connectivity index (χ1) is 6.57. The first-order valence-electron chi connectivity index (χ1n) is 6.35. The second-order valence-corrected chi connectivity index (χ2v) is 5.51. The molecule has 1 saturated carbocycles. The summed E-state index contributed by atoms with van der Waals surface area (Å²) in [4.78, 5) is 0. The summed E-state index contributed by atoms with van der Waals surface area (Å²) in [6.45, 7) is 9.23. The van der Waals surface area contributed by atoms with Crippen molar-refractivity contribution in [3.63, 3.8) is 0 Å². The molecule has 0 aliphatic heterocycles. The highest BCUT2D eigenvalue weighted by Crippen LogP contribution is 2.27. The molecule has 14 heavy (non-hydrogen) atoms. The van der Waals surface area contributed by atoms with E-state index in [0.29, 0.717) is 5.54 Å². The molecular formula is C13H27N. The molecule has 0 unspecified atom stereocenters. The van der Waals surface area contributed by atoms with Crippen LogP contribution < -0.4 is 5.32 Å². The van der Waals surface area contributed by atoms with Gasteiger partial charge in [0.25, 0.3) is 0 Å². The lowest BCUT2D eigenvalue weighted by molar-refractivity contribution is 0.234. The standard InChI is InChI=1S/C13H27N/c1-5-11-7-9-12(10-8-11)14-13(3,4)6-2/h11-12,14H,5-10H2,1-4H3. The molecule has 1 fully saturated rings. The Hall–Kier alpha value is -0.0400. The van der Waals surface area contributed by atoms with Gasteiger partial charge in [0.2, 0.25) is 0 Å². The van der Waals surface area contributed by atoms with Crippen LogP contribution in [0, 0.1) is 5.92 Å². The van der Waals surface area contributed by atoms with Crippen molar-refractivity contribution in [3.8, 4) is 0 Å². The number of hydrogen-bond acceptors (Lipinski definition) is 1. The molecule has 0 aromatic heterocycles. The van der Waals surface area contributed by atoms with Gasteiger partial charge in [0.1, 0.15) is 0 Å². The smallest absolute Gasteiger partial charge is 0.0125 e. The van der Waals surface area contributed by atoms with E-state index in [1.54, 1.807) is 0 Å². The zero-order valence-corrected chi connectivity index (χ0v) is 10.4. The number of rotatable bonds is 4. The van der Waals surface area contributed by atoms with Crippen molar-refractivity contribution >= 4 is 0 Å². The molecule has 1 N–H and O–H groups in total. The van der Waals surface area contributed by atoms with Crippen molar-refractivity contribution in [1.29, 1.82) is 0 Å². The molecule has 0 bridgehead atoms. The van der Waals surface area contributed by atoms with Crippen molar-refractivity contribution in [2.75, 3.05) is 0 Å². The summed E-state index contributed by atoms with van der Waals surface area (Å²) in [6, 6.07) is 0.785. The maximum atomic E-state index is 3.79. The molecule has 0 atom stereocenters. The number of hydrogen-bond donors (Lipinski definition) is 1. The lowest BCUT2D eigenvalue weighted by atomic mass is 9.83. The molecule has 0 radical (unpaired) electrons. The van der Waals surface area contributed by atoms with E-state index < -0.39 is 0 Å². The average Bonchev–Trinajstić information content (AvgIpc) is 2.19. The molecule has 84 valence electrons. The average molecular weight is 197 g/mol. The predicted molar refractivity (Wildman–Crippen MR) is 63.5 cm³/mol. The Kier molecular flexibility index (Phi) is 4.43. The molecule has 0 heterocycles. The Morgan fingerprint density at radius 3 is 2.07 bits per heavy atom. The summed E-state index contributed by atoms with van der Waals surface area (Å²) in [5.41, 5.74) is 0.337. The quantitative estimate of drug-likeness (QED) is 0.724. The third-order valence-electron chi connectivity index (χ3n) is 3.90. The van der Waals surface area contributed by atoms with Gasteiger partial charge in [0, 0.05) is 11.6 Å². The third kappa shape index (κ3) is 3.61. The Bertz CT molecular complexity index is 155. The lowest BCUT2D eigenvalue weighted by Crippen LogP contribution is -2.46. The fourth-order valence-electron chi connectivity index (χ4n) is 2.37. The summed E-state index contributed by atoms with van der Waals surface area (Å²) in [6.07, 6.45) is 8.26. The maximum absolute atomic E-state index is 3.79. The highest BCUT2D eigenvalue weighted by atomic mass is 15.0. The molecule has 0 saturated heterocycles. The van der Waals surface area contributed by atoms with Crippen molar-refractivity contribution in [3.05, 3.63) is 0 Å². The van der Waals surface area contributed by atoms with E-state index in [4.69, 9.17) is 0 Å². The van der Waals surface area contributed by atoms with E-state index in [-0.39, 0.29) is 0 Å². The van der Waals surface area contributed by atoms with Crippen molar-refractivity contribution < 1.29 is 0 Å². The van der Waals surface area contributed by atoms with Crippen LogP contribution >= 0.6 is 0 Å². The fraction of sp³-hybridized carbons (Fsp3) is 1.00. The Morgan fingerprint density at radius 2 is 1.64 bits per heavy atom. The Labute approximate surface area is 89.7 Å². The Balaban J connectivity index is 2.28. The van der Waals surface area contributed by atoms with Crippen LogP contribution in [-0.4, -0.2) is 11.6 Å². The molecule has 1 heteroatoms. The maximum Gasteiger partial charge on any atom is 0.0125 e. The summed E-state index contributed by atoms with van der Waals surface area (Å²) >= 11 is 0. The summed E-state index contributed by atoms with van der Waals surface area (Å²) in [5.74, 6) is 1.01. The van der Waals surface area contributed by atoms with Gasteiger partial charge in [-0.1, -0.05) is 20.3 Å². The van der Waals surface area contributed by atoms with Gasteiger partial charge in [0.05, 0.1) is 0 Å². The van der Waals surface area contributed by atoms with E-state index in [1.165, 1.54) is 38.5 Å². The van der Waals surface area contributed by atoms with Crippen LogP contribution in [0.5, 0.6) is 0 Å². The van der Waals surface area contributed by atoms with Crippen molar-refractivity contribution in [2.45, 2.75) is 77.8 Å². The zero-order valence-electron chi connectivity index (χ0n) is 10.4. The third-order valence-corrected chi connectivity index (χ3v) is 3.90. The first-order valence-corrected chi connectivity index (χ1v) is 6.35. The monoisotopic (exact) mass is 197 g/mol. The highest BCUT2D eigenvalue weighted by Gasteiger charge is 2.24. The summed E-state index contributed by atoms with van der Waals surface area (Å²) in [7, 11) is 0. The van der Waals surface area contributed by atoms with Crippen LogP contribution in [0.3, 0.4) is 0 Å². The normalized spacial score (nSPS) is 29.1. The topological polar surface area (TPSA) is 12.0 Å². The van der Waals surface area contributed by atoms with Gasteiger partial charge in [-0.25, -0.2) is 0 Å². The van der Waals surface area contributed by atoms with Crippen LogP contribution in [0.2, 0.25) is 0 Å². The van der Waals surface area contributed by atoms with Gasteiger partial charge >= 0.3 is 0 Å². The fourth-order valence-corrected chi connectivity index (χ4v) is 2.37. The van der Waals surface area contributed by atoms with Gasteiger partial charge in [0.15, 0.2) is 0 Å². The van der Waals surface area contributed by atoms with Gasteiger partial charge in [-0.15, -0.1) is 0 Å². The van der Waals surface area contributed by atoms with Crippen LogP contribution in [0.15, 0.2) is 0 Å². The van der Waals surface area contributed by atoms with E-state index >= 15 is 0 Å². The molecular weight excluding hydrogens is 170 g/mol. The van der Waals surface area contributed by atoms with E-state index in [1.807, 2.05) is 0 Å². The van der Waals surface area contributed by atoms with Gasteiger partial charge < -0.3 is 5.32 Å². The molecule has 1 aliphatic carbocycles. The molecule has 0 amide bonds. The van der Waals surface area contributed by atoms with Gasteiger partial charge in [-0.3, -0.25) is 0 Å².